The van der Waals surface area contributed by atoms with E-state index in [1.807, 2.05) is 42.5 Å². The molecular weight excluding hydrogens is 524 g/mol. The van der Waals surface area contributed by atoms with E-state index in [1.54, 1.807) is 37.5 Å². The van der Waals surface area contributed by atoms with Gasteiger partial charge in [0.15, 0.2) is 11.5 Å². The third-order valence-electron chi connectivity index (χ3n) is 4.96. The number of carbonyl (C=O) groups excluding carboxylic acids is 2. The molecule has 0 atom stereocenters. The highest BCUT2D eigenvalue weighted by Gasteiger charge is 2.12. The van der Waals surface area contributed by atoms with Gasteiger partial charge in [-0.2, -0.15) is 5.26 Å². The highest BCUT2D eigenvalue weighted by Crippen LogP contribution is 2.30. The lowest BCUT2D eigenvalue weighted by atomic mass is 10.1. The van der Waals surface area contributed by atoms with Crippen molar-refractivity contribution in [2.45, 2.75) is 6.54 Å². The number of nitrogens with one attached hydrogen (secondary N) is 1. The van der Waals surface area contributed by atoms with Crippen LogP contribution in [0.1, 0.15) is 16.7 Å². The minimum absolute atomic E-state index is 0.0636. The topological polar surface area (TPSA) is 97.7 Å². The molecule has 0 fully saturated rings. The molecule has 0 aliphatic rings. The van der Waals surface area contributed by atoms with Gasteiger partial charge in [-0.15, -0.1) is 0 Å². The fourth-order valence-electron chi connectivity index (χ4n) is 3.14. The summed E-state index contributed by atoms with van der Waals surface area (Å²) in [5.74, 6) is 0.0708. The van der Waals surface area contributed by atoms with Gasteiger partial charge in [-0.3, -0.25) is 4.79 Å². The smallest absolute Gasteiger partial charge is 0.336 e. The van der Waals surface area contributed by atoms with Crippen LogP contribution >= 0.6 is 15.9 Å². The molecular formula is C28H23BrN2O5. The molecule has 0 saturated carbocycles. The quantitative estimate of drug-likeness (QED) is 0.169. The zero-order valence-electron chi connectivity index (χ0n) is 19.7. The number of rotatable bonds is 9. The van der Waals surface area contributed by atoms with E-state index >= 15 is 0 Å². The van der Waals surface area contributed by atoms with Crippen LogP contribution in [0.3, 0.4) is 0 Å². The fourth-order valence-corrected chi connectivity index (χ4v) is 3.70. The Morgan fingerprint density at radius 3 is 2.31 bits per heavy atom. The molecule has 0 aliphatic heterocycles. The van der Waals surface area contributed by atoms with Crippen LogP contribution in [0.25, 0.3) is 12.2 Å². The van der Waals surface area contributed by atoms with E-state index in [0.29, 0.717) is 17.9 Å². The average molecular weight is 547 g/mol. The second-order valence-corrected chi connectivity index (χ2v) is 8.25. The van der Waals surface area contributed by atoms with Crippen LogP contribution < -0.4 is 19.5 Å². The molecule has 0 aromatic heterocycles. The Morgan fingerprint density at radius 1 is 0.944 bits per heavy atom. The summed E-state index contributed by atoms with van der Waals surface area (Å²) in [5.41, 5.74) is 2.18. The average Bonchev–Trinajstić information content (AvgIpc) is 2.90. The number of nitrogens with zero attached hydrogens (tertiary/aromatic N) is 1. The van der Waals surface area contributed by atoms with Crippen LogP contribution in [0.4, 0.5) is 0 Å². The first-order valence-electron chi connectivity index (χ1n) is 10.8. The van der Waals surface area contributed by atoms with Gasteiger partial charge < -0.3 is 19.5 Å². The Kier molecular flexibility index (Phi) is 9.43. The lowest BCUT2D eigenvalue weighted by molar-refractivity contribution is -0.129. The summed E-state index contributed by atoms with van der Waals surface area (Å²) in [6, 6.07) is 21.4. The number of ether oxygens (including phenoxy) is 3. The molecule has 0 radical (unpaired) electrons. The van der Waals surface area contributed by atoms with Crippen molar-refractivity contribution in [2.24, 2.45) is 0 Å². The summed E-state index contributed by atoms with van der Waals surface area (Å²) in [7, 11) is 3.01. The molecule has 0 bridgehead atoms. The number of esters is 1. The van der Waals surface area contributed by atoms with E-state index < -0.39 is 11.9 Å². The summed E-state index contributed by atoms with van der Waals surface area (Å²) in [6.45, 7) is 0.303. The van der Waals surface area contributed by atoms with E-state index in [9.17, 15) is 14.9 Å². The largest absolute Gasteiger partial charge is 0.496 e. The molecule has 0 saturated heterocycles. The number of benzene rings is 3. The SMILES string of the molecule is COc1ccc(/C=C/C(=O)Oc2ccc(/C=C(\C#N)C(=O)NCc3ccccc3)cc2OC)cc1Br. The van der Waals surface area contributed by atoms with Crippen molar-refractivity contribution in [1.29, 1.82) is 5.26 Å². The Bertz CT molecular complexity index is 1340. The first-order valence-corrected chi connectivity index (χ1v) is 11.6. The number of amides is 1. The van der Waals surface area contributed by atoms with E-state index in [-0.39, 0.29) is 17.1 Å². The van der Waals surface area contributed by atoms with Gasteiger partial charge in [0.1, 0.15) is 17.4 Å². The lowest BCUT2D eigenvalue weighted by Crippen LogP contribution is -2.23. The summed E-state index contributed by atoms with van der Waals surface area (Å²) in [5, 5.41) is 12.2. The highest BCUT2D eigenvalue weighted by molar-refractivity contribution is 9.10. The van der Waals surface area contributed by atoms with E-state index in [1.165, 1.54) is 25.3 Å². The summed E-state index contributed by atoms with van der Waals surface area (Å²) in [4.78, 5) is 24.8. The van der Waals surface area contributed by atoms with Gasteiger partial charge in [0.2, 0.25) is 0 Å². The first kappa shape index (κ1) is 26.3. The molecule has 3 aromatic rings. The Balaban J connectivity index is 1.68. The molecule has 3 aromatic carbocycles. The second kappa shape index (κ2) is 12.9. The highest BCUT2D eigenvalue weighted by atomic mass is 79.9. The van der Waals surface area contributed by atoms with Gasteiger partial charge >= 0.3 is 5.97 Å². The molecule has 1 N–H and O–H groups in total. The molecule has 182 valence electrons. The van der Waals surface area contributed by atoms with Crippen molar-refractivity contribution in [3.05, 3.63) is 99.5 Å². The van der Waals surface area contributed by atoms with Crippen LogP contribution in [0.15, 0.2) is 82.9 Å². The van der Waals surface area contributed by atoms with Crippen molar-refractivity contribution in [2.75, 3.05) is 14.2 Å². The van der Waals surface area contributed by atoms with Crippen LogP contribution in [0, 0.1) is 11.3 Å². The predicted octanol–water partition coefficient (Wildman–Crippen LogP) is 5.31. The molecule has 0 aliphatic carbocycles. The van der Waals surface area contributed by atoms with Gasteiger partial charge in [0, 0.05) is 12.6 Å². The second-order valence-electron chi connectivity index (χ2n) is 7.40. The fraction of sp³-hybridized carbons (Fsp3) is 0.107. The van der Waals surface area contributed by atoms with Crippen LogP contribution in [-0.4, -0.2) is 26.1 Å². The Hall–Kier alpha value is -4.35. The van der Waals surface area contributed by atoms with Crippen LogP contribution in [0.2, 0.25) is 0 Å². The van der Waals surface area contributed by atoms with Gasteiger partial charge in [-0.05, 0) is 69.0 Å². The van der Waals surface area contributed by atoms with Gasteiger partial charge in [0.05, 0.1) is 18.7 Å². The first-order chi connectivity index (χ1) is 17.4. The standard InChI is InChI=1S/C28H23BrN2O5/c1-34-24-11-8-19(15-23(24)29)10-13-27(32)36-25-12-9-21(16-26(25)35-2)14-22(17-30)28(33)31-18-20-6-4-3-5-7-20/h3-16H,18H2,1-2H3,(H,31,33)/b13-10+,22-14+. The zero-order valence-corrected chi connectivity index (χ0v) is 21.2. The number of nitriles is 1. The number of hydrogen-bond donors (Lipinski definition) is 1. The van der Waals surface area contributed by atoms with Crippen molar-refractivity contribution < 1.29 is 23.8 Å². The Morgan fingerprint density at radius 2 is 1.64 bits per heavy atom. The Labute approximate surface area is 217 Å². The normalized spacial score (nSPS) is 11.0. The minimum atomic E-state index is -0.596. The van der Waals surface area contributed by atoms with E-state index in [2.05, 4.69) is 21.2 Å². The third kappa shape index (κ3) is 7.32. The molecule has 8 heteroatoms. The van der Waals surface area contributed by atoms with Crippen LogP contribution in [-0.2, 0) is 16.1 Å². The summed E-state index contributed by atoms with van der Waals surface area (Å²) < 4.78 is 16.7. The van der Waals surface area contributed by atoms with E-state index in [4.69, 9.17) is 14.2 Å². The van der Waals surface area contributed by atoms with Gasteiger partial charge in [0.25, 0.3) is 5.91 Å². The number of hydrogen-bond acceptors (Lipinski definition) is 6. The lowest BCUT2D eigenvalue weighted by Gasteiger charge is -2.09. The van der Waals surface area contributed by atoms with Crippen molar-refractivity contribution >= 4 is 40.0 Å². The molecule has 0 heterocycles. The zero-order chi connectivity index (χ0) is 25.9. The number of carbonyl (C=O) groups is 2. The molecule has 1 amide bonds. The van der Waals surface area contributed by atoms with Crippen molar-refractivity contribution in [3.63, 3.8) is 0 Å². The summed E-state index contributed by atoms with van der Waals surface area (Å²) >= 11 is 3.40. The minimum Gasteiger partial charge on any atom is -0.496 e. The van der Waals surface area contributed by atoms with Crippen molar-refractivity contribution in [1.82, 2.24) is 5.32 Å². The maximum absolute atomic E-state index is 12.4. The molecule has 0 unspecified atom stereocenters. The molecule has 0 spiro atoms. The van der Waals surface area contributed by atoms with Crippen LogP contribution in [0.5, 0.6) is 17.2 Å². The van der Waals surface area contributed by atoms with E-state index in [0.717, 1.165) is 15.6 Å². The molecule has 36 heavy (non-hydrogen) atoms. The summed E-state index contributed by atoms with van der Waals surface area (Å²) in [6.07, 6.45) is 4.35. The molecule has 3 rings (SSSR count). The van der Waals surface area contributed by atoms with Gasteiger partial charge in [-0.1, -0.05) is 42.5 Å². The maximum atomic E-state index is 12.4. The van der Waals surface area contributed by atoms with Crippen molar-refractivity contribution in [3.8, 4) is 23.3 Å². The predicted molar refractivity (Wildman–Crippen MR) is 140 cm³/mol. The number of halogens is 1. The maximum Gasteiger partial charge on any atom is 0.336 e. The monoisotopic (exact) mass is 546 g/mol. The number of methoxy groups -OCH3 is 2. The van der Waals surface area contributed by atoms with Gasteiger partial charge in [-0.25, -0.2) is 4.79 Å². The third-order valence-corrected chi connectivity index (χ3v) is 5.58. The molecule has 7 nitrogen and oxygen atoms in total.